The molecule has 2 heterocycles. The fourth-order valence-corrected chi connectivity index (χ4v) is 3.69. The van der Waals surface area contributed by atoms with Gasteiger partial charge in [-0.25, -0.2) is 0 Å². The molecule has 1 N–H and O–H groups in total. The van der Waals surface area contributed by atoms with E-state index < -0.39 is 35.3 Å². The lowest BCUT2D eigenvalue weighted by atomic mass is 10.1. The summed E-state index contributed by atoms with van der Waals surface area (Å²) in [6, 6.07) is 8.41. The highest BCUT2D eigenvalue weighted by Gasteiger charge is 2.32. The van der Waals surface area contributed by atoms with Crippen LogP contribution in [0.4, 0.5) is 26.3 Å². The van der Waals surface area contributed by atoms with Gasteiger partial charge in [0.2, 0.25) is 0 Å². The molecule has 174 valence electrons. The van der Waals surface area contributed by atoms with Crippen molar-refractivity contribution >= 4 is 22.7 Å². The second kappa shape index (κ2) is 8.13. The minimum absolute atomic E-state index is 0.110. The summed E-state index contributed by atoms with van der Waals surface area (Å²) in [5.74, 6) is -0.859. The lowest BCUT2D eigenvalue weighted by Crippen LogP contribution is -2.50. The molecule has 2 aromatic carbocycles. The quantitative estimate of drug-likeness (QED) is 0.548. The number of hydrogen-bond donors (Lipinski definition) is 1. The first-order valence-electron chi connectivity index (χ1n) is 9.89. The summed E-state index contributed by atoms with van der Waals surface area (Å²) in [6.07, 6.45) is -8.99. The van der Waals surface area contributed by atoms with Gasteiger partial charge in [0.25, 0.3) is 11.8 Å². The number of carbonyl (C=O) groups is 2. The smallest absolute Gasteiger partial charge is 0.351 e. The Hall–Kier alpha value is -3.50. The Morgan fingerprint density at radius 1 is 0.697 bits per heavy atom. The Morgan fingerprint density at radius 3 is 1.76 bits per heavy atom. The first-order valence-corrected chi connectivity index (χ1v) is 9.89. The van der Waals surface area contributed by atoms with Crippen molar-refractivity contribution in [3.8, 4) is 0 Å². The van der Waals surface area contributed by atoms with Crippen LogP contribution in [0.1, 0.15) is 32.0 Å². The third-order valence-corrected chi connectivity index (χ3v) is 5.49. The zero-order chi connectivity index (χ0) is 24.0. The molecule has 1 saturated heterocycles. The van der Waals surface area contributed by atoms with E-state index in [-0.39, 0.29) is 42.8 Å². The van der Waals surface area contributed by atoms with Crippen molar-refractivity contribution in [2.45, 2.75) is 12.4 Å². The summed E-state index contributed by atoms with van der Waals surface area (Å²) in [4.78, 5) is 31.1. The number of nitrogens with one attached hydrogen (secondary N) is 1. The van der Waals surface area contributed by atoms with E-state index in [0.29, 0.717) is 5.52 Å². The second-order valence-electron chi connectivity index (χ2n) is 7.64. The highest BCUT2D eigenvalue weighted by Crippen LogP contribution is 2.32. The van der Waals surface area contributed by atoms with Crippen LogP contribution in [-0.4, -0.2) is 52.8 Å². The van der Waals surface area contributed by atoms with E-state index in [4.69, 9.17) is 0 Å². The standard InChI is InChI=1S/C22H17F6N3O2/c23-21(24,25)15-3-1-13(2-4-15)19(32)30-7-9-31(10-8-30)20(33)18-12-14-11-16(22(26,27)28)5-6-17(14)29-18/h1-6,11-12,29H,7-10H2. The van der Waals surface area contributed by atoms with Gasteiger partial charge in [-0.2, -0.15) is 26.3 Å². The molecule has 0 aliphatic carbocycles. The van der Waals surface area contributed by atoms with Crippen molar-refractivity contribution < 1.29 is 35.9 Å². The normalized spacial score (nSPS) is 15.2. The number of rotatable bonds is 2. The predicted molar refractivity (Wildman–Crippen MR) is 107 cm³/mol. The zero-order valence-corrected chi connectivity index (χ0v) is 16.9. The molecule has 4 rings (SSSR count). The number of alkyl halides is 6. The number of carbonyl (C=O) groups excluding carboxylic acids is 2. The molecule has 0 saturated carbocycles. The molecule has 1 aromatic heterocycles. The number of aromatic nitrogens is 1. The van der Waals surface area contributed by atoms with Crippen LogP contribution in [0, 0.1) is 0 Å². The van der Waals surface area contributed by atoms with Crippen molar-refractivity contribution in [2.24, 2.45) is 0 Å². The van der Waals surface area contributed by atoms with E-state index in [2.05, 4.69) is 4.98 Å². The van der Waals surface area contributed by atoms with Crippen LogP contribution in [-0.2, 0) is 12.4 Å². The molecule has 2 amide bonds. The van der Waals surface area contributed by atoms with Crippen molar-refractivity contribution in [2.75, 3.05) is 26.2 Å². The summed E-state index contributed by atoms with van der Waals surface area (Å²) in [7, 11) is 0. The zero-order valence-electron chi connectivity index (χ0n) is 16.9. The maximum Gasteiger partial charge on any atom is 0.416 e. The van der Waals surface area contributed by atoms with Crippen LogP contribution in [0.2, 0.25) is 0 Å². The van der Waals surface area contributed by atoms with Crippen LogP contribution in [0.25, 0.3) is 10.9 Å². The van der Waals surface area contributed by atoms with Gasteiger partial charge in [-0.3, -0.25) is 9.59 Å². The summed E-state index contributed by atoms with van der Waals surface area (Å²) in [5, 5.41) is 0.254. The van der Waals surface area contributed by atoms with Gasteiger partial charge in [-0.1, -0.05) is 0 Å². The lowest BCUT2D eigenvalue weighted by molar-refractivity contribution is -0.138. The Labute approximate surface area is 183 Å². The maximum absolute atomic E-state index is 12.9. The molecule has 1 fully saturated rings. The van der Waals surface area contributed by atoms with E-state index in [1.165, 1.54) is 21.9 Å². The van der Waals surface area contributed by atoms with Gasteiger partial charge in [0, 0.05) is 42.6 Å². The SMILES string of the molecule is O=C(c1ccc(C(F)(F)F)cc1)N1CCN(C(=O)c2cc3cc(C(F)(F)F)ccc3[nH]2)CC1. The Bertz CT molecular complexity index is 1190. The number of piperazine rings is 1. The number of benzene rings is 2. The monoisotopic (exact) mass is 469 g/mol. The van der Waals surface area contributed by atoms with Crippen molar-refractivity contribution in [1.29, 1.82) is 0 Å². The third kappa shape index (κ3) is 4.67. The molecule has 0 unspecified atom stereocenters. The van der Waals surface area contributed by atoms with Crippen molar-refractivity contribution in [1.82, 2.24) is 14.8 Å². The number of hydrogen-bond acceptors (Lipinski definition) is 2. The van der Waals surface area contributed by atoms with Gasteiger partial charge in [-0.15, -0.1) is 0 Å². The van der Waals surface area contributed by atoms with Gasteiger partial charge < -0.3 is 14.8 Å². The molecule has 1 aliphatic rings. The molecule has 1 aliphatic heterocycles. The van der Waals surface area contributed by atoms with Crippen LogP contribution in [0.3, 0.4) is 0 Å². The van der Waals surface area contributed by atoms with Crippen molar-refractivity contribution in [3.05, 3.63) is 70.9 Å². The molecule has 0 atom stereocenters. The van der Waals surface area contributed by atoms with E-state index >= 15 is 0 Å². The van der Waals surface area contributed by atoms with E-state index in [9.17, 15) is 35.9 Å². The van der Waals surface area contributed by atoms with E-state index in [1.54, 1.807) is 0 Å². The summed E-state index contributed by atoms with van der Waals surface area (Å²) < 4.78 is 76.8. The predicted octanol–water partition coefficient (Wildman–Crippen LogP) is 4.80. The molecular formula is C22H17F6N3O2. The number of fused-ring (bicyclic) bond motifs is 1. The first-order chi connectivity index (χ1) is 15.4. The summed E-state index contributed by atoms with van der Waals surface area (Å²) in [6.45, 7) is 0.691. The minimum atomic E-state index is -4.50. The third-order valence-electron chi connectivity index (χ3n) is 5.49. The molecule has 33 heavy (non-hydrogen) atoms. The van der Waals surface area contributed by atoms with Gasteiger partial charge in [-0.05, 0) is 48.5 Å². The van der Waals surface area contributed by atoms with E-state index in [0.717, 1.165) is 36.4 Å². The molecular weight excluding hydrogens is 452 g/mol. The Kier molecular flexibility index (Phi) is 5.59. The topological polar surface area (TPSA) is 56.4 Å². The largest absolute Gasteiger partial charge is 0.416 e. The fraction of sp³-hybridized carbons (Fsp3) is 0.273. The van der Waals surface area contributed by atoms with Gasteiger partial charge in [0.15, 0.2) is 0 Å². The maximum atomic E-state index is 12.9. The number of nitrogens with zero attached hydrogens (tertiary/aromatic N) is 2. The average molecular weight is 469 g/mol. The molecule has 11 heteroatoms. The molecule has 5 nitrogen and oxygen atoms in total. The summed E-state index contributed by atoms with van der Waals surface area (Å²) >= 11 is 0. The van der Waals surface area contributed by atoms with Crippen LogP contribution >= 0.6 is 0 Å². The van der Waals surface area contributed by atoms with Gasteiger partial charge in [0.1, 0.15) is 5.69 Å². The highest BCUT2D eigenvalue weighted by atomic mass is 19.4. The Morgan fingerprint density at radius 2 is 1.21 bits per heavy atom. The number of halogens is 6. The lowest BCUT2D eigenvalue weighted by Gasteiger charge is -2.34. The van der Waals surface area contributed by atoms with Crippen LogP contribution in [0.15, 0.2) is 48.5 Å². The highest BCUT2D eigenvalue weighted by molar-refractivity contribution is 5.98. The average Bonchev–Trinajstić information content (AvgIpc) is 3.20. The number of amides is 2. The molecule has 0 radical (unpaired) electrons. The first kappa shape index (κ1) is 22.7. The molecule has 0 bridgehead atoms. The minimum Gasteiger partial charge on any atom is -0.351 e. The molecule has 0 spiro atoms. The number of aromatic amines is 1. The van der Waals surface area contributed by atoms with Gasteiger partial charge in [0.05, 0.1) is 11.1 Å². The van der Waals surface area contributed by atoms with Crippen LogP contribution < -0.4 is 0 Å². The molecule has 3 aromatic rings. The van der Waals surface area contributed by atoms with Crippen LogP contribution in [0.5, 0.6) is 0 Å². The Balaban J connectivity index is 1.41. The van der Waals surface area contributed by atoms with Crippen molar-refractivity contribution in [3.63, 3.8) is 0 Å². The summed E-state index contributed by atoms with van der Waals surface area (Å²) in [5.41, 5.74) is -1.04. The number of H-pyrrole nitrogens is 1. The van der Waals surface area contributed by atoms with E-state index in [1.807, 2.05) is 0 Å². The second-order valence-corrected chi connectivity index (χ2v) is 7.64. The van der Waals surface area contributed by atoms with Gasteiger partial charge >= 0.3 is 12.4 Å². The fourth-order valence-electron chi connectivity index (χ4n) is 3.69.